The highest BCUT2D eigenvalue weighted by Gasteiger charge is 2.20. The monoisotopic (exact) mass is 393 g/mol. The minimum atomic E-state index is -0.672. The van der Waals surface area contributed by atoms with E-state index in [1.54, 1.807) is 26.0 Å². The van der Waals surface area contributed by atoms with E-state index in [4.69, 9.17) is 13.7 Å². The van der Waals surface area contributed by atoms with Crippen LogP contribution in [0.3, 0.4) is 0 Å². The Morgan fingerprint density at radius 3 is 2.62 bits per heavy atom. The SMILES string of the molecule is Cc1ccc(-c2noc(COC(=O)c3nc(-c4ccccc4)oc3C)n2)cc1F. The van der Waals surface area contributed by atoms with Crippen LogP contribution in [0.25, 0.3) is 22.8 Å². The topological polar surface area (TPSA) is 91.2 Å². The van der Waals surface area contributed by atoms with E-state index in [0.29, 0.717) is 22.8 Å². The van der Waals surface area contributed by atoms with Crippen LogP contribution in [0, 0.1) is 19.7 Å². The molecule has 2 aromatic heterocycles. The lowest BCUT2D eigenvalue weighted by Gasteiger charge is -1.99. The van der Waals surface area contributed by atoms with E-state index in [2.05, 4.69) is 15.1 Å². The van der Waals surface area contributed by atoms with Crippen molar-refractivity contribution < 1.29 is 22.9 Å². The summed E-state index contributed by atoms with van der Waals surface area (Å²) in [4.78, 5) is 20.7. The second-order valence-corrected chi connectivity index (χ2v) is 6.34. The van der Waals surface area contributed by atoms with Crippen molar-refractivity contribution in [2.24, 2.45) is 0 Å². The molecule has 0 aliphatic heterocycles. The number of carbonyl (C=O) groups is 1. The van der Waals surface area contributed by atoms with Crippen LogP contribution in [0.15, 0.2) is 57.5 Å². The van der Waals surface area contributed by atoms with Crippen molar-refractivity contribution in [3.8, 4) is 22.8 Å². The number of ether oxygens (including phenoxy) is 1. The number of esters is 1. The lowest BCUT2D eigenvalue weighted by atomic mass is 10.1. The maximum atomic E-state index is 13.7. The van der Waals surface area contributed by atoms with Crippen LogP contribution in [0.4, 0.5) is 4.39 Å². The third kappa shape index (κ3) is 3.91. The van der Waals surface area contributed by atoms with Crippen molar-refractivity contribution in [2.75, 3.05) is 0 Å². The van der Waals surface area contributed by atoms with Gasteiger partial charge in [-0.3, -0.25) is 0 Å². The Balaban J connectivity index is 1.45. The van der Waals surface area contributed by atoms with Gasteiger partial charge in [-0.2, -0.15) is 4.98 Å². The summed E-state index contributed by atoms with van der Waals surface area (Å²) in [6, 6.07) is 13.8. The van der Waals surface area contributed by atoms with Crippen molar-refractivity contribution in [1.29, 1.82) is 0 Å². The molecule has 7 nitrogen and oxygen atoms in total. The lowest BCUT2D eigenvalue weighted by Crippen LogP contribution is -2.07. The number of hydrogen-bond donors (Lipinski definition) is 0. The Morgan fingerprint density at radius 1 is 1.07 bits per heavy atom. The summed E-state index contributed by atoms with van der Waals surface area (Å²) in [5.41, 5.74) is 1.81. The predicted molar refractivity (Wildman–Crippen MR) is 100 cm³/mol. The van der Waals surface area contributed by atoms with Crippen molar-refractivity contribution in [1.82, 2.24) is 15.1 Å². The van der Waals surface area contributed by atoms with Gasteiger partial charge >= 0.3 is 5.97 Å². The van der Waals surface area contributed by atoms with Crippen LogP contribution in [0.1, 0.15) is 27.7 Å². The molecule has 29 heavy (non-hydrogen) atoms. The molecule has 2 heterocycles. The number of rotatable bonds is 5. The molecule has 0 radical (unpaired) electrons. The van der Waals surface area contributed by atoms with Crippen molar-refractivity contribution in [3.63, 3.8) is 0 Å². The molecule has 0 fully saturated rings. The van der Waals surface area contributed by atoms with E-state index in [0.717, 1.165) is 5.56 Å². The van der Waals surface area contributed by atoms with Crippen LogP contribution in [-0.4, -0.2) is 21.1 Å². The van der Waals surface area contributed by atoms with Crippen molar-refractivity contribution in [2.45, 2.75) is 20.5 Å². The van der Waals surface area contributed by atoms with Gasteiger partial charge in [-0.25, -0.2) is 14.2 Å². The summed E-state index contributed by atoms with van der Waals surface area (Å²) >= 11 is 0. The van der Waals surface area contributed by atoms with Crippen LogP contribution in [0.2, 0.25) is 0 Å². The van der Waals surface area contributed by atoms with Gasteiger partial charge < -0.3 is 13.7 Å². The molecular formula is C21H16FN3O4. The highest BCUT2D eigenvalue weighted by molar-refractivity contribution is 5.88. The average molecular weight is 393 g/mol. The number of aryl methyl sites for hydroxylation is 2. The molecule has 0 bridgehead atoms. The van der Waals surface area contributed by atoms with E-state index >= 15 is 0 Å². The lowest BCUT2D eigenvalue weighted by molar-refractivity contribution is 0.0421. The van der Waals surface area contributed by atoms with Gasteiger partial charge in [0.15, 0.2) is 12.3 Å². The summed E-state index contributed by atoms with van der Waals surface area (Å²) in [6.45, 7) is 3.05. The molecule has 4 aromatic rings. The second-order valence-electron chi connectivity index (χ2n) is 6.34. The van der Waals surface area contributed by atoms with Gasteiger partial charge in [-0.1, -0.05) is 35.5 Å². The molecule has 146 valence electrons. The molecular weight excluding hydrogens is 377 g/mol. The van der Waals surface area contributed by atoms with Crippen LogP contribution < -0.4 is 0 Å². The highest BCUT2D eigenvalue weighted by atomic mass is 19.1. The minimum Gasteiger partial charge on any atom is -0.451 e. The normalized spacial score (nSPS) is 10.9. The molecule has 0 saturated heterocycles. The number of aromatic nitrogens is 3. The molecule has 0 N–H and O–H groups in total. The number of halogens is 1. The Hall–Kier alpha value is -3.81. The van der Waals surface area contributed by atoms with Gasteiger partial charge in [-0.15, -0.1) is 0 Å². The van der Waals surface area contributed by atoms with E-state index < -0.39 is 5.97 Å². The predicted octanol–water partition coefficient (Wildman–Crippen LogP) is 4.50. The first-order chi connectivity index (χ1) is 14.0. The molecule has 0 spiro atoms. The van der Waals surface area contributed by atoms with E-state index in [1.165, 1.54) is 6.07 Å². The summed E-state index contributed by atoms with van der Waals surface area (Å²) in [6.07, 6.45) is 0. The Kier molecular flexibility index (Phi) is 4.90. The fourth-order valence-corrected chi connectivity index (χ4v) is 2.65. The van der Waals surface area contributed by atoms with Crippen LogP contribution in [0.5, 0.6) is 0 Å². The zero-order valence-electron chi connectivity index (χ0n) is 15.7. The Labute approximate surface area is 165 Å². The quantitative estimate of drug-likeness (QED) is 0.461. The summed E-state index contributed by atoms with van der Waals surface area (Å²) < 4.78 is 29.5. The largest absolute Gasteiger partial charge is 0.451 e. The number of nitrogens with zero attached hydrogens (tertiary/aromatic N) is 3. The van der Waals surface area contributed by atoms with Gasteiger partial charge in [0.05, 0.1) is 0 Å². The third-order valence-corrected chi connectivity index (χ3v) is 4.24. The smallest absolute Gasteiger partial charge is 0.361 e. The molecule has 0 aliphatic rings. The van der Waals surface area contributed by atoms with Gasteiger partial charge in [0.2, 0.25) is 11.7 Å². The maximum absolute atomic E-state index is 13.7. The van der Waals surface area contributed by atoms with Crippen molar-refractivity contribution in [3.05, 3.63) is 77.3 Å². The minimum absolute atomic E-state index is 0.0733. The van der Waals surface area contributed by atoms with Crippen LogP contribution >= 0.6 is 0 Å². The van der Waals surface area contributed by atoms with Gasteiger partial charge in [0.25, 0.3) is 5.89 Å². The van der Waals surface area contributed by atoms with Gasteiger partial charge in [-0.05, 0) is 37.6 Å². The van der Waals surface area contributed by atoms with Crippen LogP contribution in [-0.2, 0) is 11.3 Å². The Bertz CT molecular complexity index is 1170. The zero-order valence-corrected chi connectivity index (χ0v) is 15.7. The van der Waals surface area contributed by atoms with E-state index in [9.17, 15) is 9.18 Å². The third-order valence-electron chi connectivity index (χ3n) is 4.24. The summed E-state index contributed by atoms with van der Waals surface area (Å²) in [5, 5.41) is 3.79. The number of oxazole rings is 1. The van der Waals surface area contributed by atoms with Gasteiger partial charge in [0, 0.05) is 11.1 Å². The van der Waals surface area contributed by atoms with E-state index in [-0.39, 0.29) is 29.8 Å². The molecule has 0 aliphatic carbocycles. The summed E-state index contributed by atoms with van der Waals surface area (Å²) in [7, 11) is 0. The molecule has 0 unspecified atom stereocenters. The second kappa shape index (κ2) is 7.67. The molecule has 0 atom stereocenters. The Morgan fingerprint density at radius 2 is 1.86 bits per heavy atom. The molecule has 0 saturated carbocycles. The zero-order chi connectivity index (χ0) is 20.4. The number of hydrogen-bond acceptors (Lipinski definition) is 7. The first-order valence-corrected chi connectivity index (χ1v) is 8.80. The fourth-order valence-electron chi connectivity index (χ4n) is 2.65. The fraction of sp³-hybridized carbons (Fsp3) is 0.143. The number of carbonyl (C=O) groups excluding carboxylic acids is 1. The molecule has 2 aromatic carbocycles. The molecule has 8 heteroatoms. The highest BCUT2D eigenvalue weighted by Crippen LogP contribution is 2.22. The average Bonchev–Trinajstić information content (AvgIpc) is 3.36. The standard InChI is InChI=1S/C21H16FN3O4/c1-12-8-9-15(10-16(12)22)19-23-17(29-25-19)11-27-21(26)18-13(2)28-20(24-18)14-6-4-3-5-7-14/h3-10H,11H2,1-2H3. The summed E-state index contributed by atoms with van der Waals surface area (Å²) in [5.74, 6) is -0.0741. The van der Waals surface area contributed by atoms with Gasteiger partial charge in [0.1, 0.15) is 11.6 Å². The van der Waals surface area contributed by atoms with Crippen molar-refractivity contribution >= 4 is 5.97 Å². The maximum Gasteiger partial charge on any atom is 0.361 e. The number of benzene rings is 2. The first kappa shape index (κ1) is 18.5. The molecule has 4 rings (SSSR count). The first-order valence-electron chi connectivity index (χ1n) is 8.80. The van der Waals surface area contributed by atoms with E-state index in [1.807, 2.05) is 30.3 Å². The molecule has 0 amide bonds.